The molecule has 0 saturated carbocycles. The minimum atomic E-state index is -1.10. The van der Waals surface area contributed by atoms with E-state index < -0.39 is 14.0 Å². The number of pyridine rings is 1. The molecule has 0 atom stereocenters. The number of para-hydroxylation sites is 1. The maximum absolute atomic E-state index is 11.4. The minimum Gasteiger partial charge on any atom is -0.478 e. The average molecular weight is 397 g/mol. The van der Waals surface area contributed by atoms with Gasteiger partial charge in [0.15, 0.2) is 0 Å². The molecule has 28 heavy (non-hydrogen) atoms. The molecule has 148 valence electrons. The molecule has 0 amide bonds. The van der Waals surface area contributed by atoms with Crippen molar-refractivity contribution in [1.29, 1.82) is 0 Å². The fourth-order valence-electron chi connectivity index (χ4n) is 3.30. The first-order chi connectivity index (χ1) is 13.3. The quantitative estimate of drug-likeness (QED) is 0.415. The van der Waals surface area contributed by atoms with E-state index in [4.69, 9.17) is 4.74 Å². The molecule has 3 rings (SSSR count). The molecular weight excluding hydrogens is 368 g/mol. The summed E-state index contributed by atoms with van der Waals surface area (Å²) in [5.41, 5.74) is 3.44. The highest BCUT2D eigenvalue weighted by Crippen LogP contribution is 2.23. The lowest BCUT2D eigenvalue weighted by Gasteiger charge is -2.16. The van der Waals surface area contributed by atoms with E-state index in [1.807, 2.05) is 0 Å². The van der Waals surface area contributed by atoms with E-state index in [1.165, 1.54) is 17.1 Å². The van der Waals surface area contributed by atoms with Gasteiger partial charge in [0.1, 0.15) is 6.73 Å². The standard InChI is InChI=1S/C22H28N2O3Si/c1-28(2,3)14-13-27-16-24-12-10-18-6-4-5-17(21(18)24)7-8-19-15-23-11-9-20(19)22(25)26/h4-6,9-12,15H,7-8,13-14,16H2,1-3H3,(H,25,26). The van der Waals surface area contributed by atoms with Gasteiger partial charge in [0.05, 0.1) is 11.1 Å². The predicted octanol–water partition coefficient (Wildman–Crippen LogP) is 4.83. The van der Waals surface area contributed by atoms with Crippen LogP contribution >= 0.6 is 0 Å². The molecule has 2 aromatic heterocycles. The molecule has 0 aliphatic heterocycles. The molecule has 0 spiro atoms. The van der Waals surface area contributed by atoms with Crippen molar-refractivity contribution in [3.63, 3.8) is 0 Å². The van der Waals surface area contributed by atoms with Gasteiger partial charge in [-0.25, -0.2) is 4.79 Å². The van der Waals surface area contributed by atoms with Gasteiger partial charge in [-0.3, -0.25) is 4.98 Å². The molecule has 3 aromatic rings. The number of carboxylic acid groups (broad SMARTS) is 1. The molecule has 0 saturated heterocycles. The van der Waals surface area contributed by atoms with E-state index in [0.29, 0.717) is 18.7 Å². The number of carbonyl (C=O) groups is 1. The topological polar surface area (TPSA) is 64.4 Å². The minimum absolute atomic E-state index is 0.326. The predicted molar refractivity (Wildman–Crippen MR) is 115 cm³/mol. The molecular formula is C22H28N2O3Si. The Morgan fingerprint density at radius 3 is 2.68 bits per heavy atom. The summed E-state index contributed by atoms with van der Waals surface area (Å²) < 4.78 is 8.09. The lowest BCUT2D eigenvalue weighted by Crippen LogP contribution is -2.22. The summed E-state index contributed by atoms with van der Waals surface area (Å²) in [7, 11) is -1.10. The average Bonchev–Trinajstić information content (AvgIpc) is 3.07. The third kappa shape index (κ3) is 5.08. The van der Waals surface area contributed by atoms with Gasteiger partial charge in [-0.15, -0.1) is 0 Å². The van der Waals surface area contributed by atoms with E-state index in [2.05, 4.69) is 59.7 Å². The van der Waals surface area contributed by atoms with Crippen LogP contribution in [0.4, 0.5) is 0 Å². The Balaban J connectivity index is 1.75. The maximum Gasteiger partial charge on any atom is 0.336 e. The summed E-state index contributed by atoms with van der Waals surface area (Å²) in [5.74, 6) is -0.908. The summed E-state index contributed by atoms with van der Waals surface area (Å²) in [6, 6.07) is 11.1. The molecule has 0 radical (unpaired) electrons. The molecule has 0 aliphatic rings. The van der Waals surface area contributed by atoms with Crippen molar-refractivity contribution < 1.29 is 14.6 Å². The summed E-state index contributed by atoms with van der Waals surface area (Å²) in [4.78, 5) is 15.5. The van der Waals surface area contributed by atoms with Gasteiger partial charge >= 0.3 is 5.97 Å². The van der Waals surface area contributed by atoms with Crippen LogP contribution in [0, 0.1) is 0 Å². The third-order valence-electron chi connectivity index (χ3n) is 4.90. The number of benzene rings is 1. The molecule has 0 bridgehead atoms. The van der Waals surface area contributed by atoms with Crippen molar-refractivity contribution in [2.24, 2.45) is 0 Å². The van der Waals surface area contributed by atoms with Gasteiger partial charge in [-0.05, 0) is 47.5 Å². The lowest BCUT2D eigenvalue weighted by atomic mass is 10.0. The normalized spacial score (nSPS) is 11.8. The molecule has 1 N–H and O–H groups in total. The van der Waals surface area contributed by atoms with Gasteiger partial charge in [-0.1, -0.05) is 37.8 Å². The highest BCUT2D eigenvalue weighted by Gasteiger charge is 2.14. The number of aryl methyl sites for hydroxylation is 2. The van der Waals surface area contributed by atoms with Crippen LogP contribution in [-0.4, -0.2) is 35.3 Å². The summed E-state index contributed by atoms with van der Waals surface area (Å²) in [6.07, 6.45) is 6.63. The Bertz CT molecular complexity index is 960. The maximum atomic E-state index is 11.4. The van der Waals surface area contributed by atoms with Crippen LogP contribution in [0.2, 0.25) is 25.7 Å². The fraction of sp³-hybridized carbons (Fsp3) is 0.364. The second-order valence-electron chi connectivity index (χ2n) is 8.33. The van der Waals surface area contributed by atoms with Gasteiger partial charge < -0.3 is 14.4 Å². The SMILES string of the molecule is C[Si](C)(C)CCOCn1ccc2cccc(CCc3cnccc3C(=O)O)c21. The number of ether oxygens (including phenoxy) is 1. The van der Waals surface area contributed by atoms with Crippen LogP contribution in [0.15, 0.2) is 48.9 Å². The number of fused-ring (bicyclic) bond motifs is 1. The number of aromatic carboxylic acids is 1. The Morgan fingerprint density at radius 2 is 1.93 bits per heavy atom. The number of hydrogen-bond acceptors (Lipinski definition) is 3. The lowest BCUT2D eigenvalue weighted by molar-refractivity contribution is 0.0695. The van der Waals surface area contributed by atoms with Gasteiger partial charge in [-0.2, -0.15) is 0 Å². The number of nitrogens with zero attached hydrogens (tertiary/aromatic N) is 2. The molecule has 0 unspecified atom stereocenters. The number of hydrogen-bond donors (Lipinski definition) is 1. The van der Waals surface area contributed by atoms with E-state index in [-0.39, 0.29) is 0 Å². The zero-order chi connectivity index (χ0) is 20.1. The molecule has 1 aromatic carbocycles. The van der Waals surface area contributed by atoms with Crippen molar-refractivity contribution in [2.75, 3.05) is 6.61 Å². The van der Waals surface area contributed by atoms with Gasteiger partial charge in [0.25, 0.3) is 0 Å². The largest absolute Gasteiger partial charge is 0.478 e. The summed E-state index contributed by atoms with van der Waals surface area (Å²) in [6.45, 7) is 8.38. The number of aromatic nitrogens is 2. The second-order valence-corrected chi connectivity index (χ2v) is 13.9. The van der Waals surface area contributed by atoms with Crippen molar-refractivity contribution in [1.82, 2.24) is 9.55 Å². The van der Waals surface area contributed by atoms with Crippen LogP contribution < -0.4 is 0 Å². The van der Waals surface area contributed by atoms with E-state index in [1.54, 1.807) is 12.3 Å². The molecule has 2 heterocycles. The van der Waals surface area contributed by atoms with Crippen molar-refractivity contribution in [3.05, 3.63) is 65.6 Å². The van der Waals surface area contributed by atoms with Crippen LogP contribution in [0.3, 0.4) is 0 Å². The first-order valence-corrected chi connectivity index (χ1v) is 13.4. The zero-order valence-corrected chi connectivity index (χ0v) is 17.8. The van der Waals surface area contributed by atoms with E-state index in [9.17, 15) is 9.90 Å². The third-order valence-corrected chi connectivity index (χ3v) is 6.60. The number of rotatable bonds is 9. The van der Waals surface area contributed by atoms with Crippen LogP contribution in [-0.2, 0) is 24.3 Å². The van der Waals surface area contributed by atoms with Crippen molar-refractivity contribution >= 4 is 24.9 Å². The van der Waals surface area contributed by atoms with Crippen LogP contribution in [0.1, 0.15) is 21.5 Å². The summed E-state index contributed by atoms with van der Waals surface area (Å²) >= 11 is 0. The Hall–Kier alpha value is -2.44. The fourth-order valence-corrected chi connectivity index (χ4v) is 4.05. The second kappa shape index (κ2) is 8.71. The van der Waals surface area contributed by atoms with Crippen molar-refractivity contribution in [2.45, 2.75) is 45.3 Å². The molecule has 5 nitrogen and oxygen atoms in total. The zero-order valence-electron chi connectivity index (χ0n) is 16.8. The Morgan fingerprint density at radius 1 is 1.14 bits per heavy atom. The highest BCUT2D eigenvalue weighted by molar-refractivity contribution is 6.76. The number of carboxylic acids is 1. The van der Waals surface area contributed by atoms with Crippen molar-refractivity contribution in [3.8, 4) is 0 Å². The highest BCUT2D eigenvalue weighted by atomic mass is 28.3. The van der Waals surface area contributed by atoms with E-state index >= 15 is 0 Å². The smallest absolute Gasteiger partial charge is 0.336 e. The summed E-state index contributed by atoms with van der Waals surface area (Å²) in [5, 5.41) is 10.6. The Labute approximate surface area is 167 Å². The first kappa shape index (κ1) is 20.3. The first-order valence-electron chi connectivity index (χ1n) is 9.66. The van der Waals surface area contributed by atoms with Gasteiger partial charge in [0.2, 0.25) is 0 Å². The monoisotopic (exact) mass is 396 g/mol. The van der Waals surface area contributed by atoms with Crippen LogP contribution in [0.25, 0.3) is 10.9 Å². The molecule has 0 aliphatic carbocycles. The molecule has 0 fully saturated rings. The van der Waals surface area contributed by atoms with E-state index in [0.717, 1.165) is 30.2 Å². The van der Waals surface area contributed by atoms with Crippen LogP contribution in [0.5, 0.6) is 0 Å². The molecule has 6 heteroatoms. The van der Waals surface area contributed by atoms with Gasteiger partial charge in [0, 0.05) is 33.3 Å². The Kier molecular flexibility index (Phi) is 6.31.